The van der Waals surface area contributed by atoms with Gasteiger partial charge in [-0.15, -0.1) is 11.3 Å². The molecule has 0 saturated carbocycles. The maximum atomic E-state index is 12.1. The van der Waals surface area contributed by atoms with Crippen molar-refractivity contribution in [1.82, 2.24) is 4.98 Å². The van der Waals surface area contributed by atoms with Crippen molar-refractivity contribution in [2.75, 3.05) is 7.11 Å². The molecule has 0 aliphatic carbocycles. The lowest BCUT2D eigenvalue weighted by Gasteiger charge is -2.04. The van der Waals surface area contributed by atoms with Gasteiger partial charge in [-0.05, 0) is 48.5 Å². The SMILES string of the molecule is CCC(=O)c1ccc(OC(=O)Cc2csc(-c3ccc(OC)cc3)n2)cc1. The first-order valence-electron chi connectivity index (χ1n) is 8.52. The number of thiazole rings is 1. The molecule has 3 rings (SSSR count). The molecular weight excluding hydrogens is 362 g/mol. The Kier molecular flexibility index (Phi) is 5.98. The number of hydrogen-bond acceptors (Lipinski definition) is 6. The molecule has 0 N–H and O–H groups in total. The predicted octanol–water partition coefficient (Wildman–Crippen LogP) is 4.56. The van der Waals surface area contributed by atoms with Crippen molar-refractivity contribution in [2.45, 2.75) is 19.8 Å². The lowest BCUT2D eigenvalue weighted by atomic mass is 10.1. The average Bonchev–Trinajstić information content (AvgIpc) is 3.16. The van der Waals surface area contributed by atoms with Gasteiger partial charge in [0.05, 0.1) is 19.2 Å². The van der Waals surface area contributed by atoms with Gasteiger partial charge in [0.1, 0.15) is 16.5 Å². The molecule has 0 saturated heterocycles. The van der Waals surface area contributed by atoms with E-state index in [9.17, 15) is 9.59 Å². The van der Waals surface area contributed by atoms with Gasteiger partial charge in [0.25, 0.3) is 0 Å². The molecule has 0 amide bonds. The van der Waals surface area contributed by atoms with E-state index in [0.29, 0.717) is 23.4 Å². The highest BCUT2D eigenvalue weighted by atomic mass is 32.1. The van der Waals surface area contributed by atoms with Gasteiger partial charge in [0.15, 0.2) is 5.78 Å². The van der Waals surface area contributed by atoms with Gasteiger partial charge in [-0.2, -0.15) is 0 Å². The Morgan fingerprint density at radius 1 is 1.00 bits per heavy atom. The first kappa shape index (κ1) is 18.8. The maximum Gasteiger partial charge on any atom is 0.317 e. The number of nitrogens with zero attached hydrogens (tertiary/aromatic N) is 1. The highest BCUT2D eigenvalue weighted by molar-refractivity contribution is 7.13. The summed E-state index contributed by atoms with van der Waals surface area (Å²) in [5, 5.41) is 2.69. The van der Waals surface area contributed by atoms with Gasteiger partial charge in [-0.3, -0.25) is 9.59 Å². The van der Waals surface area contributed by atoms with Crippen LogP contribution >= 0.6 is 11.3 Å². The van der Waals surface area contributed by atoms with E-state index in [4.69, 9.17) is 9.47 Å². The van der Waals surface area contributed by atoms with Crippen LogP contribution in [0, 0.1) is 0 Å². The summed E-state index contributed by atoms with van der Waals surface area (Å²) in [6, 6.07) is 14.2. The lowest BCUT2D eigenvalue weighted by Crippen LogP contribution is -2.11. The third-order valence-corrected chi connectivity index (χ3v) is 4.88. The molecule has 27 heavy (non-hydrogen) atoms. The summed E-state index contributed by atoms with van der Waals surface area (Å²) in [5.74, 6) is 0.863. The van der Waals surface area contributed by atoms with Crippen LogP contribution in [-0.2, 0) is 11.2 Å². The van der Waals surface area contributed by atoms with Crippen LogP contribution < -0.4 is 9.47 Å². The van der Waals surface area contributed by atoms with Gasteiger partial charge >= 0.3 is 5.97 Å². The van der Waals surface area contributed by atoms with Crippen molar-refractivity contribution in [3.63, 3.8) is 0 Å². The number of rotatable bonds is 7. The number of ether oxygens (including phenoxy) is 2. The van der Waals surface area contributed by atoms with Crippen molar-refractivity contribution in [2.24, 2.45) is 0 Å². The molecule has 0 spiro atoms. The summed E-state index contributed by atoms with van der Waals surface area (Å²) in [4.78, 5) is 28.3. The quantitative estimate of drug-likeness (QED) is 0.341. The minimum absolute atomic E-state index is 0.0569. The highest BCUT2D eigenvalue weighted by Crippen LogP contribution is 2.26. The Hall–Kier alpha value is -2.99. The van der Waals surface area contributed by atoms with Crippen molar-refractivity contribution >= 4 is 23.1 Å². The minimum atomic E-state index is -0.392. The van der Waals surface area contributed by atoms with Gasteiger partial charge < -0.3 is 9.47 Å². The molecule has 0 aliphatic rings. The largest absolute Gasteiger partial charge is 0.497 e. The number of hydrogen-bond donors (Lipinski definition) is 0. The summed E-state index contributed by atoms with van der Waals surface area (Å²) >= 11 is 1.47. The molecular formula is C21H19NO4S. The Labute approximate surface area is 161 Å². The summed E-state index contributed by atoms with van der Waals surface area (Å²) in [7, 11) is 1.62. The Morgan fingerprint density at radius 2 is 1.67 bits per heavy atom. The average molecular weight is 381 g/mol. The third kappa shape index (κ3) is 4.80. The molecule has 0 aliphatic heterocycles. The maximum absolute atomic E-state index is 12.1. The van der Waals surface area contributed by atoms with E-state index in [1.165, 1.54) is 11.3 Å². The number of methoxy groups -OCH3 is 1. The van der Waals surface area contributed by atoms with E-state index in [2.05, 4.69) is 4.98 Å². The summed E-state index contributed by atoms with van der Waals surface area (Å²) in [5.41, 5.74) is 2.24. The minimum Gasteiger partial charge on any atom is -0.497 e. The highest BCUT2D eigenvalue weighted by Gasteiger charge is 2.12. The standard InChI is InChI=1S/C21H19NO4S/c1-3-19(23)14-4-10-18(11-5-14)26-20(24)12-16-13-27-21(22-16)15-6-8-17(25-2)9-7-15/h4-11,13H,3,12H2,1-2H3. The smallest absolute Gasteiger partial charge is 0.317 e. The van der Waals surface area contributed by atoms with Crippen molar-refractivity contribution in [3.8, 4) is 22.1 Å². The molecule has 0 bridgehead atoms. The Morgan fingerprint density at radius 3 is 2.30 bits per heavy atom. The van der Waals surface area contributed by atoms with Crippen LogP contribution in [0.5, 0.6) is 11.5 Å². The van der Waals surface area contributed by atoms with Crippen LogP contribution in [0.3, 0.4) is 0 Å². The monoisotopic (exact) mass is 381 g/mol. The van der Waals surface area contributed by atoms with Gasteiger partial charge in [0.2, 0.25) is 0 Å². The molecule has 0 fully saturated rings. The molecule has 1 heterocycles. The van der Waals surface area contributed by atoms with E-state index < -0.39 is 5.97 Å². The van der Waals surface area contributed by atoms with Crippen LogP contribution in [-0.4, -0.2) is 23.8 Å². The number of Topliss-reactive ketones (excluding diaryl/α,β-unsaturated/α-hetero) is 1. The fraction of sp³-hybridized carbons (Fsp3) is 0.190. The van der Waals surface area contributed by atoms with Crippen LogP contribution in [0.4, 0.5) is 0 Å². The van der Waals surface area contributed by atoms with Gasteiger partial charge in [0, 0.05) is 22.9 Å². The zero-order valence-corrected chi connectivity index (χ0v) is 15.9. The van der Waals surface area contributed by atoms with E-state index >= 15 is 0 Å². The Bertz CT molecular complexity index is 930. The molecule has 0 atom stereocenters. The normalized spacial score (nSPS) is 10.4. The van der Waals surface area contributed by atoms with Crippen LogP contribution in [0.15, 0.2) is 53.9 Å². The second-order valence-corrected chi connectivity index (χ2v) is 6.68. The summed E-state index contributed by atoms with van der Waals surface area (Å²) in [6.45, 7) is 1.81. The zero-order valence-electron chi connectivity index (χ0n) is 15.1. The molecule has 3 aromatic rings. The van der Waals surface area contributed by atoms with E-state index in [1.807, 2.05) is 36.6 Å². The number of benzene rings is 2. The van der Waals surface area contributed by atoms with Gasteiger partial charge in [-0.1, -0.05) is 6.92 Å². The molecule has 138 valence electrons. The molecule has 5 nitrogen and oxygen atoms in total. The van der Waals surface area contributed by atoms with E-state index in [-0.39, 0.29) is 12.2 Å². The molecule has 0 radical (unpaired) electrons. The summed E-state index contributed by atoms with van der Waals surface area (Å²) < 4.78 is 10.5. The van der Waals surface area contributed by atoms with Crippen molar-refractivity contribution < 1.29 is 19.1 Å². The fourth-order valence-electron chi connectivity index (χ4n) is 2.48. The number of esters is 1. The zero-order chi connectivity index (χ0) is 19.2. The first-order chi connectivity index (χ1) is 13.1. The molecule has 0 unspecified atom stereocenters. The number of ketones is 1. The second-order valence-electron chi connectivity index (χ2n) is 5.82. The Balaban J connectivity index is 1.61. The first-order valence-corrected chi connectivity index (χ1v) is 9.39. The van der Waals surface area contributed by atoms with Crippen LogP contribution in [0.25, 0.3) is 10.6 Å². The number of carbonyl (C=O) groups is 2. The predicted molar refractivity (Wildman–Crippen MR) is 105 cm³/mol. The second kappa shape index (κ2) is 8.60. The van der Waals surface area contributed by atoms with E-state index in [1.54, 1.807) is 31.4 Å². The fourth-order valence-corrected chi connectivity index (χ4v) is 3.31. The van der Waals surface area contributed by atoms with Gasteiger partial charge in [-0.25, -0.2) is 4.98 Å². The van der Waals surface area contributed by atoms with Crippen molar-refractivity contribution in [1.29, 1.82) is 0 Å². The number of aromatic nitrogens is 1. The summed E-state index contributed by atoms with van der Waals surface area (Å²) in [6.07, 6.45) is 0.530. The number of carbonyl (C=O) groups excluding carboxylic acids is 2. The third-order valence-electron chi connectivity index (χ3n) is 3.94. The molecule has 6 heteroatoms. The molecule has 2 aromatic carbocycles. The van der Waals surface area contributed by atoms with Crippen LogP contribution in [0.2, 0.25) is 0 Å². The van der Waals surface area contributed by atoms with Crippen LogP contribution in [0.1, 0.15) is 29.4 Å². The lowest BCUT2D eigenvalue weighted by molar-refractivity contribution is -0.133. The molecule has 1 aromatic heterocycles. The van der Waals surface area contributed by atoms with Crippen molar-refractivity contribution in [3.05, 3.63) is 65.2 Å². The topological polar surface area (TPSA) is 65.5 Å². The van der Waals surface area contributed by atoms with E-state index in [0.717, 1.165) is 16.3 Å².